The Bertz CT molecular complexity index is 470. The molecular weight excluding hydrogens is 246 g/mol. The lowest BCUT2D eigenvalue weighted by atomic mass is 10.1. The Kier molecular flexibility index (Phi) is 5.29. The van der Waals surface area contributed by atoms with Crippen LogP contribution in [0.3, 0.4) is 0 Å². The molecule has 1 N–H and O–H groups in total. The molecule has 6 nitrogen and oxygen atoms in total. The van der Waals surface area contributed by atoms with Gasteiger partial charge in [-0.25, -0.2) is 0 Å². The zero-order chi connectivity index (χ0) is 14.4. The van der Waals surface area contributed by atoms with Crippen LogP contribution in [0.5, 0.6) is 0 Å². The minimum Gasteiger partial charge on any atom is -0.376 e. The first-order valence-electron chi connectivity index (χ1n) is 6.26. The fourth-order valence-electron chi connectivity index (χ4n) is 1.87. The van der Waals surface area contributed by atoms with Gasteiger partial charge in [-0.3, -0.25) is 14.9 Å². The maximum Gasteiger partial charge on any atom is 0.274 e. The van der Waals surface area contributed by atoms with E-state index in [0.29, 0.717) is 24.3 Å². The molecule has 6 heteroatoms. The summed E-state index contributed by atoms with van der Waals surface area (Å²) in [6.07, 6.45) is 0. The average molecular weight is 265 g/mol. The number of rotatable bonds is 6. The number of carbonyl (C=O) groups excluding carboxylic acids is 1. The van der Waals surface area contributed by atoms with Crippen LogP contribution >= 0.6 is 0 Å². The van der Waals surface area contributed by atoms with Crippen LogP contribution in [-0.2, 0) is 4.79 Å². The highest BCUT2D eigenvalue weighted by atomic mass is 16.6. The van der Waals surface area contributed by atoms with E-state index in [1.165, 1.54) is 6.07 Å². The SMILES string of the molecule is CCN(CC)C(=O)CNc1cccc([N+](=O)[O-])c1C. The summed E-state index contributed by atoms with van der Waals surface area (Å²) in [4.78, 5) is 23.9. The van der Waals surface area contributed by atoms with Gasteiger partial charge in [0.15, 0.2) is 0 Å². The standard InChI is InChI=1S/C13H19N3O3/c1-4-15(5-2)13(17)9-14-11-7-6-8-12(10(11)3)16(18)19/h6-8,14H,4-5,9H2,1-3H3. The number of carbonyl (C=O) groups is 1. The number of nitro benzene ring substituents is 1. The Morgan fingerprint density at radius 3 is 2.53 bits per heavy atom. The maximum atomic E-state index is 11.8. The molecule has 19 heavy (non-hydrogen) atoms. The fourth-order valence-corrected chi connectivity index (χ4v) is 1.87. The number of benzene rings is 1. The Labute approximate surface area is 112 Å². The summed E-state index contributed by atoms with van der Waals surface area (Å²) in [6, 6.07) is 4.79. The Balaban J connectivity index is 2.76. The lowest BCUT2D eigenvalue weighted by Crippen LogP contribution is -2.35. The van der Waals surface area contributed by atoms with Crippen LogP contribution < -0.4 is 5.32 Å². The Morgan fingerprint density at radius 1 is 1.37 bits per heavy atom. The summed E-state index contributed by atoms with van der Waals surface area (Å²) < 4.78 is 0. The second-order valence-electron chi connectivity index (χ2n) is 4.13. The molecular formula is C13H19N3O3. The molecule has 0 bridgehead atoms. The van der Waals surface area contributed by atoms with Crippen molar-refractivity contribution in [2.24, 2.45) is 0 Å². The monoisotopic (exact) mass is 265 g/mol. The molecule has 0 atom stereocenters. The van der Waals surface area contributed by atoms with Crippen molar-refractivity contribution in [2.45, 2.75) is 20.8 Å². The van der Waals surface area contributed by atoms with Crippen molar-refractivity contribution in [3.05, 3.63) is 33.9 Å². The number of hydrogen-bond donors (Lipinski definition) is 1. The number of anilines is 1. The number of nitrogens with zero attached hydrogens (tertiary/aromatic N) is 2. The van der Waals surface area contributed by atoms with Gasteiger partial charge in [0.25, 0.3) is 5.69 Å². The van der Waals surface area contributed by atoms with E-state index in [4.69, 9.17) is 0 Å². The minimum atomic E-state index is -0.424. The Morgan fingerprint density at radius 2 is 2.00 bits per heavy atom. The van der Waals surface area contributed by atoms with Gasteiger partial charge >= 0.3 is 0 Å². The van der Waals surface area contributed by atoms with Gasteiger partial charge in [-0.1, -0.05) is 6.07 Å². The highest BCUT2D eigenvalue weighted by molar-refractivity contribution is 5.81. The van der Waals surface area contributed by atoms with Gasteiger partial charge in [-0.2, -0.15) is 0 Å². The van der Waals surface area contributed by atoms with Crippen molar-refractivity contribution in [3.8, 4) is 0 Å². The number of nitro groups is 1. The predicted octanol–water partition coefficient (Wildman–Crippen LogP) is 2.18. The average Bonchev–Trinajstić information content (AvgIpc) is 2.38. The largest absolute Gasteiger partial charge is 0.376 e. The van der Waals surface area contributed by atoms with Crippen molar-refractivity contribution in [3.63, 3.8) is 0 Å². The van der Waals surface area contributed by atoms with Gasteiger partial charge in [0.2, 0.25) is 5.91 Å². The van der Waals surface area contributed by atoms with E-state index in [-0.39, 0.29) is 18.1 Å². The van der Waals surface area contributed by atoms with Crippen LogP contribution in [0.15, 0.2) is 18.2 Å². The summed E-state index contributed by atoms with van der Waals surface area (Å²) in [5.74, 6) is -0.0177. The summed E-state index contributed by atoms with van der Waals surface area (Å²) in [7, 11) is 0. The molecule has 1 rings (SSSR count). The molecule has 0 heterocycles. The molecule has 0 aromatic heterocycles. The molecule has 1 aromatic carbocycles. The lowest BCUT2D eigenvalue weighted by Gasteiger charge is -2.19. The number of amides is 1. The third kappa shape index (κ3) is 3.67. The number of nitrogens with one attached hydrogen (secondary N) is 1. The quantitative estimate of drug-likeness (QED) is 0.632. The molecule has 1 aromatic rings. The molecule has 0 radical (unpaired) electrons. The summed E-state index contributed by atoms with van der Waals surface area (Å²) >= 11 is 0. The lowest BCUT2D eigenvalue weighted by molar-refractivity contribution is -0.385. The third-order valence-corrected chi connectivity index (χ3v) is 3.05. The summed E-state index contributed by atoms with van der Waals surface area (Å²) in [6.45, 7) is 6.96. The molecule has 0 fully saturated rings. The molecule has 0 aliphatic rings. The first-order valence-corrected chi connectivity index (χ1v) is 6.26. The van der Waals surface area contributed by atoms with E-state index in [0.717, 1.165) is 0 Å². The van der Waals surface area contributed by atoms with Gasteiger partial charge < -0.3 is 10.2 Å². The molecule has 0 unspecified atom stereocenters. The van der Waals surface area contributed by atoms with Crippen LogP contribution in [0.1, 0.15) is 19.4 Å². The Hall–Kier alpha value is -2.11. The maximum absolute atomic E-state index is 11.8. The van der Waals surface area contributed by atoms with E-state index in [9.17, 15) is 14.9 Å². The first kappa shape index (κ1) is 14.9. The van der Waals surface area contributed by atoms with Crippen LogP contribution in [0, 0.1) is 17.0 Å². The molecule has 104 valence electrons. The second kappa shape index (κ2) is 6.72. The zero-order valence-corrected chi connectivity index (χ0v) is 11.5. The van der Waals surface area contributed by atoms with Gasteiger partial charge in [0.1, 0.15) is 0 Å². The number of likely N-dealkylation sites (N-methyl/N-ethyl adjacent to an activating group) is 1. The first-order chi connectivity index (χ1) is 9.01. The minimum absolute atomic E-state index is 0.0177. The fraction of sp³-hybridized carbons (Fsp3) is 0.462. The molecule has 0 aliphatic heterocycles. The smallest absolute Gasteiger partial charge is 0.274 e. The van der Waals surface area contributed by atoms with E-state index in [2.05, 4.69) is 5.32 Å². The molecule has 0 spiro atoms. The van der Waals surface area contributed by atoms with E-state index in [1.807, 2.05) is 13.8 Å². The number of hydrogen-bond acceptors (Lipinski definition) is 4. The van der Waals surface area contributed by atoms with Crippen LogP contribution in [0.25, 0.3) is 0 Å². The third-order valence-electron chi connectivity index (χ3n) is 3.05. The van der Waals surface area contributed by atoms with Crippen molar-refractivity contribution in [2.75, 3.05) is 25.0 Å². The summed E-state index contributed by atoms with van der Waals surface area (Å²) in [5.41, 5.74) is 1.22. The van der Waals surface area contributed by atoms with Gasteiger partial charge in [-0.15, -0.1) is 0 Å². The normalized spacial score (nSPS) is 10.1. The molecule has 0 aliphatic carbocycles. The van der Waals surface area contributed by atoms with Crippen LogP contribution in [0.4, 0.5) is 11.4 Å². The van der Waals surface area contributed by atoms with Gasteiger partial charge in [0.05, 0.1) is 11.5 Å². The zero-order valence-electron chi connectivity index (χ0n) is 11.5. The van der Waals surface area contributed by atoms with Crippen molar-refractivity contribution in [1.82, 2.24) is 4.90 Å². The van der Waals surface area contributed by atoms with Crippen molar-refractivity contribution >= 4 is 17.3 Å². The highest BCUT2D eigenvalue weighted by Crippen LogP contribution is 2.24. The van der Waals surface area contributed by atoms with Crippen molar-refractivity contribution < 1.29 is 9.72 Å². The molecule has 1 amide bonds. The second-order valence-corrected chi connectivity index (χ2v) is 4.13. The molecule has 0 saturated heterocycles. The van der Waals surface area contributed by atoms with Crippen molar-refractivity contribution in [1.29, 1.82) is 0 Å². The van der Waals surface area contributed by atoms with E-state index >= 15 is 0 Å². The van der Waals surface area contributed by atoms with Gasteiger partial charge in [0, 0.05) is 30.4 Å². The van der Waals surface area contributed by atoms with Crippen LogP contribution in [-0.4, -0.2) is 35.4 Å². The highest BCUT2D eigenvalue weighted by Gasteiger charge is 2.14. The topological polar surface area (TPSA) is 75.5 Å². The molecule has 0 saturated carbocycles. The van der Waals surface area contributed by atoms with E-state index < -0.39 is 4.92 Å². The van der Waals surface area contributed by atoms with Gasteiger partial charge in [-0.05, 0) is 26.8 Å². The summed E-state index contributed by atoms with van der Waals surface area (Å²) in [5, 5.41) is 13.8. The predicted molar refractivity (Wildman–Crippen MR) is 74.3 cm³/mol. The van der Waals surface area contributed by atoms with E-state index in [1.54, 1.807) is 24.0 Å². The van der Waals surface area contributed by atoms with Crippen LogP contribution in [0.2, 0.25) is 0 Å².